The van der Waals surface area contributed by atoms with Gasteiger partial charge in [0.2, 0.25) is 0 Å². The third-order valence-corrected chi connectivity index (χ3v) is 3.08. The fourth-order valence-corrected chi connectivity index (χ4v) is 1.79. The molecule has 1 aromatic carbocycles. The van der Waals surface area contributed by atoms with E-state index in [1.165, 1.54) is 0 Å². The minimum absolute atomic E-state index is 0.393. The van der Waals surface area contributed by atoms with Crippen molar-refractivity contribution in [2.75, 3.05) is 11.9 Å². The molecular formula is C12H16BrNO2. The van der Waals surface area contributed by atoms with E-state index in [2.05, 4.69) is 21.2 Å². The van der Waals surface area contributed by atoms with Gasteiger partial charge < -0.3 is 10.4 Å². The highest BCUT2D eigenvalue weighted by molar-refractivity contribution is 9.10. The van der Waals surface area contributed by atoms with Gasteiger partial charge in [0.1, 0.15) is 0 Å². The Labute approximate surface area is 104 Å². The number of aliphatic carboxylic acids is 1. The van der Waals surface area contributed by atoms with E-state index in [0.717, 1.165) is 15.7 Å². The molecular weight excluding hydrogens is 270 g/mol. The van der Waals surface area contributed by atoms with Crippen molar-refractivity contribution in [3.05, 3.63) is 28.2 Å². The molecule has 0 amide bonds. The van der Waals surface area contributed by atoms with Gasteiger partial charge in [-0.3, -0.25) is 4.79 Å². The summed E-state index contributed by atoms with van der Waals surface area (Å²) < 4.78 is 0.952. The molecule has 0 atom stereocenters. The number of carboxylic acids is 1. The van der Waals surface area contributed by atoms with Gasteiger partial charge in [0, 0.05) is 16.7 Å². The van der Waals surface area contributed by atoms with E-state index in [4.69, 9.17) is 5.11 Å². The largest absolute Gasteiger partial charge is 0.481 e. The first-order valence-electron chi connectivity index (χ1n) is 5.06. The number of hydrogen-bond donors (Lipinski definition) is 2. The maximum atomic E-state index is 10.9. The third kappa shape index (κ3) is 3.23. The van der Waals surface area contributed by atoms with E-state index in [0.29, 0.717) is 6.54 Å². The Kier molecular flexibility index (Phi) is 3.97. The second kappa shape index (κ2) is 4.87. The van der Waals surface area contributed by atoms with Gasteiger partial charge in [-0.15, -0.1) is 0 Å². The molecule has 88 valence electrons. The molecule has 16 heavy (non-hydrogen) atoms. The summed E-state index contributed by atoms with van der Waals surface area (Å²) in [6.45, 7) is 5.80. The van der Waals surface area contributed by atoms with Gasteiger partial charge >= 0.3 is 5.97 Å². The highest BCUT2D eigenvalue weighted by Gasteiger charge is 2.26. The molecule has 0 saturated heterocycles. The number of hydrogen-bond acceptors (Lipinski definition) is 2. The molecule has 2 N–H and O–H groups in total. The number of anilines is 1. The quantitative estimate of drug-likeness (QED) is 0.893. The van der Waals surface area contributed by atoms with Crippen LogP contribution in [0, 0.1) is 12.3 Å². The minimum Gasteiger partial charge on any atom is -0.481 e. The van der Waals surface area contributed by atoms with Gasteiger partial charge in [-0.1, -0.05) is 6.07 Å². The predicted octanol–water partition coefficient (Wildman–Crippen LogP) is 3.28. The number of rotatable bonds is 4. The van der Waals surface area contributed by atoms with Crippen molar-refractivity contribution in [2.24, 2.45) is 5.41 Å². The summed E-state index contributed by atoms with van der Waals surface area (Å²) in [5, 5.41) is 12.1. The molecule has 0 aromatic heterocycles. The van der Waals surface area contributed by atoms with E-state index >= 15 is 0 Å². The van der Waals surface area contributed by atoms with Gasteiger partial charge in [0.25, 0.3) is 0 Å². The molecule has 0 unspecified atom stereocenters. The SMILES string of the molecule is Cc1ccc(NCC(C)(C)C(=O)O)c(Br)c1. The molecule has 1 rings (SSSR count). The zero-order valence-electron chi connectivity index (χ0n) is 9.67. The Balaban J connectivity index is 2.72. The zero-order chi connectivity index (χ0) is 12.3. The summed E-state index contributed by atoms with van der Waals surface area (Å²) in [4.78, 5) is 10.9. The van der Waals surface area contributed by atoms with Crippen LogP contribution >= 0.6 is 15.9 Å². The average molecular weight is 286 g/mol. The summed E-state index contributed by atoms with van der Waals surface area (Å²) in [6.07, 6.45) is 0. The van der Waals surface area contributed by atoms with Crippen molar-refractivity contribution in [3.8, 4) is 0 Å². The Morgan fingerprint density at radius 1 is 1.50 bits per heavy atom. The molecule has 0 radical (unpaired) electrons. The lowest BCUT2D eigenvalue weighted by molar-refractivity contribution is -0.146. The fourth-order valence-electron chi connectivity index (χ4n) is 1.16. The van der Waals surface area contributed by atoms with Gasteiger partial charge in [0.05, 0.1) is 5.41 Å². The topological polar surface area (TPSA) is 49.3 Å². The first kappa shape index (κ1) is 13.0. The molecule has 0 heterocycles. The number of halogens is 1. The molecule has 0 aliphatic rings. The Bertz CT molecular complexity index is 402. The highest BCUT2D eigenvalue weighted by atomic mass is 79.9. The van der Waals surface area contributed by atoms with Crippen LogP contribution in [-0.4, -0.2) is 17.6 Å². The molecule has 4 heteroatoms. The molecule has 0 spiro atoms. The maximum Gasteiger partial charge on any atom is 0.310 e. The highest BCUT2D eigenvalue weighted by Crippen LogP contribution is 2.25. The van der Waals surface area contributed by atoms with Crippen LogP contribution in [0.15, 0.2) is 22.7 Å². The predicted molar refractivity (Wildman–Crippen MR) is 68.8 cm³/mol. The molecule has 0 fully saturated rings. The third-order valence-electron chi connectivity index (χ3n) is 2.42. The van der Waals surface area contributed by atoms with E-state index in [1.54, 1.807) is 13.8 Å². The zero-order valence-corrected chi connectivity index (χ0v) is 11.3. The van der Waals surface area contributed by atoms with E-state index in [9.17, 15) is 4.79 Å². The van der Waals surface area contributed by atoms with Gasteiger partial charge in [-0.25, -0.2) is 0 Å². The van der Waals surface area contributed by atoms with Crippen LogP contribution in [0.4, 0.5) is 5.69 Å². The Hall–Kier alpha value is -1.03. The van der Waals surface area contributed by atoms with Gasteiger partial charge in [-0.2, -0.15) is 0 Å². The average Bonchev–Trinajstić information content (AvgIpc) is 2.16. The van der Waals surface area contributed by atoms with Crippen molar-refractivity contribution in [2.45, 2.75) is 20.8 Å². The molecule has 0 bridgehead atoms. The summed E-state index contributed by atoms with van der Waals surface area (Å²) in [5.41, 5.74) is 1.31. The van der Waals surface area contributed by atoms with Crippen molar-refractivity contribution in [1.29, 1.82) is 0 Å². The summed E-state index contributed by atoms with van der Waals surface area (Å²) in [7, 11) is 0. The number of carbonyl (C=O) groups is 1. The smallest absolute Gasteiger partial charge is 0.310 e. The molecule has 0 saturated carbocycles. The molecule has 0 aliphatic heterocycles. The van der Waals surface area contributed by atoms with Gasteiger partial charge in [-0.05, 0) is 54.4 Å². The maximum absolute atomic E-state index is 10.9. The van der Waals surface area contributed by atoms with Crippen molar-refractivity contribution < 1.29 is 9.90 Å². The van der Waals surface area contributed by atoms with Crippen molar-refractivity contribution in [1.82, 2.24) is 0 Å². The number of carboxylic acid groups (broad SMARTS) is 1. The van der Waals surface area contributed by atoms with E-state index in [1.807, 2.05) is 25.1 Å². The summed E-state index contributed by atoms with van der Waals surface area (Å²) in [6, 6.07) is 5.92. The van der Waals surface area contributed by atoms with Crippen molar-refractivity contribution in [3.63, 3.8) is 0 Å². The lowest BCUT2D eigenvalue weighted by Crippen LogP contribution is -2.31. The lowest BCUT2D eigenvalue weighted by Gasteiger charge is -2.20. The second-order valence-corrected chi connectivity index (χ2v) is 5.38. The Morgan fingerprint density at radius 3 is 2.62 bits per heavy atom. The first-order chi connectivity index (χ1) is 7.33. The summed E-state index contributed by atoms with van der Waals surface area (Å²) >= 11 is 3.44. The number of nitrogens with one attached hydrogen (secondary N) is 1. The fraction of sp³-hybridized carbons (Fsp3) is 0.417. The van der Waals surface area contributed by atoms with E-state index < -0.39 is 11.4 Å². The molecule has 1 aromatic rings. The first-order valence-corrected chi connectivity index (χ1v) is 5.85. The number of aryl methyl sites for hydroxylation is 1. The summed E-state index contributed by atoms with van der Waals surface area (Å²) in [5.74, 6) is -0.803. The van der Waals surface area contributed by atoms with Crippen LogP contribution in [0.2, 0.25) is 0 Å². The number of benzene rings is 1. The van der Waals surface area contributed by atoms with Crippen molar-refractivity contribution >= 4 is 27.6 Å². The monoisotopic (exact) mass is 285 g/mol. The van der Waals surface area contributed by atoms with Crippen LogP contribution in [0.5, 0.6) is 0 Å². The van der Waals surface area contributed by atoms with E-state index in [-0.39, 0.29) is 0 Å². The molecule has 3 nitrogen and oxygen atoms in total. The van der Waals surface area contributed by atoms with Crippen LogP contribution in [0.25, 0.3) is 0 Å². The second-order valence-electron chi connectivity index (χ2n) is 4.53. The van der Waals surface area contributed by atoms with Crippen LogP contribution < -0.4 is 5.32 Å². The van der Waals surface area contributed by atoms with Crippen LogP contribution in [0.1, 0.15) is 19.4 Å². The standard InChI is InChI=1S/C12H16BrNO2/c1-8-4-5-10(9(13)6-8)14-7-12(2,3)11(15)16/h4-6,14H,7H2,1-3H3,(H,15,16). The van der Waals surface area contributed by atoms with Gasteiger partial charge in [0.15, 0.2) is 0 Å². The minimum atomic E-state index is -0.803. The Morgan fingerprint density at radius 2 is 2.12 bits per heavy atom. The molecule has 0 aliphatic carbocycles. The van der Waals surface area contributed by atoms with Crippen LogP contribution in [-0.2, 0) is 4.79 Å². The normalized spacial score (nSPS) is 11.2. The van der Waals surface area contributed by atoms with Crippen LogP contribution in [0.3, 0.4) is 0 Å². The lowest BCUT2D eigenvalue weighted by atomic mass is 9.94.